The van der Waals surface area contributed by atoms with Crippen LogP contribution in [-0.4, -0.2) is 28.5 Å². The smallest absolute Gasteiger partial charge is 0.211 e. The van der Waals surface area contributed by atoms with E-state index in [0.29, 0.717) is 0 Å². The van der Waals surface area contributed by atoms with Crippen LogP contribution in [0.4, 0.5) is 5.69 Å². The van der Waals surface area contributed by atoms with Crippen LogP contribution in [0, 0.1) is 0 Å². The number of hydrogen-bond donors (Lipinski definition) is 0. The average Bonchev–Trinajstić information content (AvgIpc) is 3.14. The lowest BCUT2D eigenvalue weighted by atomic mass is 10.1. The van der Waals surface area contributed by atoms with Crippen LogP contribution in [-0.2, 0) is 0 Å². The highest BCUT2D eigenvalue weighted by Crippen LogP contribution is 2.29. The summed E-state index contributed by atoms with van der Waals surface area (Å²) >= 11 is 0. The first-order valence-electron chi connectivity index (χ1n) is 9.86. The van der Waals surface area contributed by atoms with Crippen molar-refractivity contribution in [1.82, 2.24) is 9.47 Å². The Morgan fingerprint density at radius 1 is 0.786 bits per heavy atom. The maximum Gasteiger partial charge on any atom is 0.211 e. The molecule has 0 aliphatic rings. The molecule has 3 heteroatoms. The van der Waals surface area contributed by atoms with Gasteiger partial charge in [-0.1, -0.05) is 66.7 Å². The van der Waals surface area contributed by atoms with Crippen LogP contribution in [0.15, 0.2) is 96.0 Å². The van der Waals surface area contributed by atoms with Crippen LogP contribution in [0.25, 0.3) is 22.2 Å². The summed E-state index contributed by atoms with van der Waals surface area (Å²) in [6, 6.07) is 31.5. The molecule has 0 unspecified atom stereocenters. The molecule has 0 fully saturated rings. The molecule has 0 aliphatic carbocycles. The molecule has 0 bridgehead atoms. The quantitative estimate of drug-likeness (QED) is 0.311. The van der Waals surface area contributed by atoms with Crippen LogP contribution in [0.5, 0.6) is 0 Å². The Morgan fingerprint density at radius 3 is 2.07 bits per heavy atom. The summed E-state index contributed by atoms with van der Waals surface area (Å²) in [5.41, 5.74) is 4.47. The monoisotopic (exact) mass is 367 g/mol. The van der Waals surface area contributed by atoms with Gasteiger partial charge >= 0.3 is 0 Å². The van der Waals surface area contributed by atoms with Gasteiger partial charge in [-0.3, -0.25) is 4.57 Å². The summed E-state index contributed by atoms with van der Waals surface area (Å²) in [5, 5.41) is 1.22. The van der Waals surface area contributed by atoms with Gasteiger partial charge in [0.1, 0.15) is 0 Å². The fraction of sp³-hybridized carbons (Fsp3) is 0.160. The van der Waals surface area contributed by atoms with Crippen molar-refractivity contribution in [3.05, 3.63) is 91.0 Å². The summed E-state index contributed by atoms with van der Waals surface area (Å²) in [4.78, 5) is 7.40. The zero-order valence-electron chi connectivity index (χ0n) is 16.4. The van der Waals surface area contributed by atoms with Crippen LogP contribution in [0.3, 0.4) is 0 Å². The Morgan fingerprint density at radius 2 is 1.39 bits per heavy atom. The van der Waals surface area contributed by atoms with Gasteiger partial charge in [-0.05, 0) is 43.7 Å². The molecule has 140 valence electrons. The van der Waals surface area contributed by atoms with E-state index in [1.165, 1.54) is 16.5 Å². The summed E-state index contributed by atoms with van der Waals surface area (Å²) in [7, 11) is 0. The molecule has 1 aromatic heterocycles. The lowest BCUT2D eigenvalue weighted by molar-refractivity contribution is 0.452. The number of hydrogen-bond acceptors (Lipinski definition) is 1. The zero-order chi connectivity index (χ0) is 19.3. The maximum absolute atomic E-state index is 5.08. The van der Waals surface area contributed by atoms with Gasteiger partial charge in [0, 0.05) is 18.5 Å². The van der Waals surface area contributed by atoms with Crippen molar-refractivity contribution in [1.29, 1.82) is 0 Å². The Hall–Kier alpha value is -3.33. The largest absolute Gasteiger partial charge is 0.342 e. The molecule has 28 heavy (non-hydrogen) atoms. The maximum atomic E-state index is 5.08. The fourth-order valence-corrected chi connectivity index (χ4v) is 3.58. The van der Waals surface area contributed by atoms with Crippen molar-refractivity contribution >= 4 is 22.5 Å². The summed E-state index contributed by atoms with van der Waals surface area (Å²) < 4.78 is 2.30. The van der Waals surface area contributed by atoms with Gasteiger partial charge in [-0.25, -0.2) is 4.99 Å². The molecule has 4 rings (SSSR count). The van der Waals surface area contributed by atoms with E-state index in [4.69, 9.17) is 4.99 Å². The molecule has 0 N–H and O–H groups in total. The SMILES string of the molecule is CCN(CC)C(=Nc1ccccc1)n1c(-c2ccccc2)cc2ccccc21. The van der Waals surface area contributed by atoms with Crippen molar-refractivity contribution in [2.24, 2.45) is 4.99 Å². The number of nitrogens with zero attached hydrogens (tertiary/aromatic N) is 3. The molecule has 3 nitrogen and oxygen atoms in total. The van der Waals surface area contributed by atoms with Crippen LogP contribution < -0.4 is 0 Å². The molecular weight excluding hydrogens is 342 g/mol. The van der Waals surface area contributed by atoms with Gasteiger partial charge in [-0.15, -0.1) is 0 Å². The molecule has 4 aromatic rings. The number of para-hydroxylation sites is 2. The first kappa shape index (κ1) is 18.1. The fourth-order valence-electron chi connectivity index (χ4n) is 3.58. The number of aliphatic imine (C=N–C) groups is 1. The molecule has 0 aliphatic heterocycles. The lowest BCUT2D eigenvalue weighted by Gasteiger charge is -2.26. The van der Waals surface area contributed by atoms with Gasteiger partial charge in [0.15, 0.2) is 0 Å². The highest BCUT2D eigenvalue weighted by Gasteiger charge is 2.18. The zero-order valence-corrected chi connectivity index (χ0v) is 16.4. The number of benzene rings is 3. The predicted molar refractivity (Wildman–Crippen MR) is 119 cm³/mol. The number of aromatic nitrogens is 1. The van der Waals surface area contributed by atoms with Gasteiger partial charge in [-0.2, -0.15) is 0 Å². The highest BCUT2D eigenvalue weighted by molar-refractivity contribution is 6.00. The third-order valence-corrected chi connectivity index (χ3v) is 5.01. The highest BCUT2D eigenvalue weighted by atomic mass is 15.3. The Bertz CT molecular complexity index is 1070. The number of fused-ring (bicyclic) bond motifs is 1. The topological polar surface area (TPSA) is 20.5 Å². The van der Waals surface area contributed by atoms with E-state index in [1.807, 2.05) is 18.2 Å². The van der Waals surface area contributed by atoms with E-state index in [9.17, 15) is 0 Å². The number of rotatable bonds is 4. The molecule has 1 heterocycles. The van der Waals surface area contributed by atoms with Crippen molar-refractivity contribution in [2.45, 2.75) is 13.8 Å². The van der Waals surface area contributed by atoms with Crippen molar-refractivity contribution in [2.75, 3.05) is 13.1 Å². The predicted octanol–water partition coefficient (Wildman–Crippen LogP) is 6.19. The van der Waals surface area contributed by atoms with E-state index >= 15 is 0 Å². The van der Waals surface area contributed by atoms with E-state index in [0.717, 1.165) is 30.4 Å². The van der Waals surface area contributed by atoms with Crippen LogP contribution in [0.1, 0.15) is 13.8 Å². The minimum absolute atomic E-state index is 0.892. The lowest BCUT2D eigenvalue weighted by Crippen LogP contribution is -2.36. The summed E-state index contributed by atoms with van der Waals surface area (Å²) in [5.74, 6) is 0.955. The molecule has 0 atom stereocenters. The van der Waals surface area contributed by atoms with Crippen molar-refractivity contribution in [3.8, 4) is 11.3 Å². The van der Waals surface area contributed by atoms with Gasteiger partial charge < -0.3 is 4.90 Å². The van der Waals surface area contributed by atoms with Gasteiger partial charge in [0.25, 0.3) is 0 Å². The summed E-state index contributed by atoms with van der Waals surface area (Å²) in [6.45, 7) is 6.14. The molecule has 0 saturated heterocycles. The Labute approximate surface area is 166 Å². The first-order chi connectivity index (χ1) is 13.8. The van der Waals surface area contributed by atoms with Crippen molar-refractivity contribution in [3.63, 3.8) is 0 Å². The normalized spacial score (nSPS) is 11.7. The second kappa shape index (κ2) is 8.13. The van der Waals surface area contributed by atoms with Crippen LogP contribution in [0.2, 0.25) is 0 Å². The van der Waals surface area contributed by atoms with Crippen LogP contribution >= 0.6 is 0 Å². The Kier molecular flexibility index (Phi) is 5.24. The molecule has 0 saturated carbocycles. The third-order valence-electron chi connectivity index (χ3n) is 5.01. The third kappa shape index (κ3) is 3.44. The standard InChI is InChI=1S/C25H25N3/c1-3-27(4-2)25(26-22-16-9-6-10-17-22)28-23-18-12-11-15-21(23)19-24(28)20-13-7-5-8-14-20/h5-19H,3-4H2,1-2H3. The van der Waals surface area contributed by atoms with Crippen molar-refractivity contribution < 1.29 is 0 Å². The van der Waals surface area contributed by atoms with E-state index < -0.39 is 0 Å². The van der Waals surface area contributed by atoms with E-state index in [2.05, 4.69) is 96.1 Å². The average molecular weight is 367 g/mol. The second-order valence-corrected chi connectivity index (χ2v) is 6.71. The summed E-state index contributed by atoms with van der Waals surface area (Å²) in [6.07, 6.45) is 0. The molecule has 0 radical (unpaired) electrons. The first-order valence-corrected chi connectivity index (χ1v) is 9.86. The van der Waals surface area contributed by atoms with E-state index in [-0.39, 0.29) is 0 Å². The molecule has 0 spiro atoms. The van der Waals surface area contributed by atoms with Gasteiger partial charge in [0.05, 0.1) is 16.9 Å². The second-order valence-electron chi connectivity index (χ2n) is 6.71. The Balaban J connectivity index is 2.01. The minimum atomic E-state index is 0.892. The molecular formula is C25H25N3. The minimum Gasteiger partial charge on any atom is -0.342 e. The van der Waals surface area contributed by atoms with E-state index in [1.54, 1.807) is 0 Å². The molecule has 3 aromatic carbocycles. The molecule has 0 amide bonds. The van der Waals surface area contributed by atoms with Gasteiger partial charge in [0.2, 0.25) is 5.96 Å².